The van der Waals surface area contributed by atoms with Gasteiger partial charge in [-0.15, -0.1) is 10.2 Å². The third kappa shape index (κ3) is 3.51. The Labute approximate surface area is 187 Å². The molecule has 0 spiro atoms. The molecule has 9 nitrogen and oxygen atoms in total. The van der Waals surface area contributed by atoms with Gasteiger partial charge in [0, 0.05) is 13.1 Å². The third-order valence-corrected chi connectivity index (χ3v) is 6.32. The van der Waals surface area contributed by atoms with E-state index < -0.39 is 0 Å². The fraction of sp³-hybridized carbons (Fsp3) is 0.273. The van der Waals surface area contributed by atoms with E-state index in [0.29, 0.717) is 59.6 Å². The molecule has 2 aromatic heterocycles. The number of thioether (sulfide) groups is 1. The van der Waals surface area contributed by atoms with E-state index in [1.165, 1.54) is 16.3 Å². The maximum absolute atomic E-state index is 13.4. The average molecular weight is 452 g/mol. The number of aromatic nitrogens is 4. The van der Waals surface area contributed by atoms with Gasteiger partial charge in [-0.3, -0.25) is 14.0 Å². The van der Waals surface area contributed by atoms with E-state index >= 15 is 0 Å². The Bertz CT molecular complexity index is 1360. The quantitative estimate of drug-likeness (QED) is 0.429. The van der Waals surface area contributed by atoms with Gasteiger partial charge in [0.15, 0.2) is 5.16 Å². The highest BCUT2D eigenvalue weighted by molar-refractivity contribution is 7.99. The van der Waals surface area contributed by atoms with Crippen molar-refractivity contribution in [3.05, 3.63) is 58.9 Å². The van der Waals surface area contributed by atoms with Crippen molar-refractivity contribution in [3.8, 4) is 11.4 Å². The van der Waals surface area contributed by atoms with Gasteiger partial charge in [-0.1, -0.05) is 36.0 Å². The van der Waals surface area contributed by atoms with E-state index in [1.54, 1.807) is 30.2 Å². The fourth-order valence-electron chi connectivity index (χ4n) is 3.83. The van der Waals surface area contributed by atoms with Gasteiger partial charge in [-0.2, -0.15) is 0 Å². The number of morpholine rings is 1. The second-order valence-corrected chi connectivity index (χ2v) is 8.17. The first-order valence-corrected chi connectivity index (χ1v) is 11.2. The second kappa shape index (κ2) is 8.64. The molecule has 3 heterocycles. The molecule has 164 valence electrons. The van der Waals surface area contributed by atoms with Gasteiger partial charge in [0.25, 0.3) is 5.56 Å². The lowest BCUT2D eigenvalue weighted by atomic mass is 10.2. The van der Waals surface area contributed by atoms with Gasteiger partial charge in [-0.05, 0) is 24.3 Å². The average Bonchev–Trinajstić information content (AvgIpc) is 3.27. The number of hydrogen-bond acceptors (Lipinski definition) is 7. The van der Waals surface area contributed by atoms with Crippen LogP contribution in [0.5, 0.6) is 5.75 Å². The zero-order valence-corrected chi connectivity index (χ0v) is 18.2. The lowest BCUT2D eigenvalue weighted by molar-refractivity contribution is -0.132. The topological polar surface area (TPSA) is 91.0 Å². The van der Waals surface area contributed by atoms with Crippen LogP contribution < -0.4 is 10.3 Å². The molecule has 0 atom stereocenters. The molecule has 32 heavy (non-hydrogen) atoms. The first kappa shape index (κ1) is 20.5. The maximum atomic E-state index is 13.4. The number of rotatable bonds is 5. The van der Waals surface area contributed by atoms with E-state index in [-0.39, 0.29) is 17.2 Å². The molecule has 0 aliphatic carbocycles. The SMILES string of the molecule is COc1ccccc1-n1c(=O)c2ccccc2n2c(SCC(=O)N3CCOCC3)nnc12. The highest BCUT2D eigenvalue weighted by Crippen LogP contribution is 2.27. The van der Waals surface area contributed by atoms with Crippen LogP contribution in [0.15, 0.2) is 58.5 Å². The molecule has 2 aromatic carbocycles. The van der Waals surface area contributed by atoms with E-state index in [0.717, 1.165) is 0 Å². The summed E-state index contributed by atoms with van der Waals surface area (Å²) in [7, 11) is 1.56. The predicted octanol–water partition coefficient (Wildman–Crippen LogP) is 1.99. The van der Waals surface area contributed by atoms with Crippen LogP contribution in [0.3, 0.4) is 0 Å². The molecule has 5 rings (SSSR count). The molecule has 1 fully saturated rings. The van der Waals surface area contributed by atoms with E-state index in [1.807, 2.05) is 34.7 Å². The van der Waals surface area contributed by atoms with Crippen molar-refractivity contribution in [3.63, 3.8) is 0 Å². The fourth-order valence-corrected chi connectivity index (χ4v) is 4.68. The maximum Gasteiger partial charge on any atom is 0.267 e. The van der Waals surface area contributed by atoms with Crippen LogP contribution in [0.4, 0.5) is 0 Å². The second-order valence-electron chi connectivity index (χ2n) is 7.23. The van der Waals surface area contributed by atoms with Crippen molar-refractivity contribution in [1.82, 2.24) is 24.1 Å². The number of benzene rings is 2. The highest BCUT2D eigenvalue weighted by Gasteiger charge is 2.22. The first-order valence-electron chi connectivity index (χ1n) is 10.2. The molecule has 1 aliphatic heterocycles. The van der Waals surface area contributed by atoms with Crippen LogP contribution >= 0.6 is 11.8 Å². The van der Waals surface area contributed by atoms with Crippen molar-refractivity contribution in [2.24, 2.45) is 0 Å². The van der Waals surface area contributed by atoms with Crippen molar-refractivity contribution in [1.29, 1.82) is 0 Å². The van der Waals surface area contributed by atoms with E-state index in [4.69, 9.17) is 9.47 Å². The Hall–Kier alpha value is -3.37. The number of carbonyl (C=O) groups is 1. The lowest BCUT2D eigenvalue weighted by Crippen LogP contribution is -2.41. The minimum Gasteiger partial charge on any atom is -0.495 e. The Morgan fingerprint density at radius 2 is 1.84 bits per heavy atom. The number of amides is 1. The summed E-state index contributed by atoms with van der Waals surface area (Å²) >= 11 is 1.30. The van der Waals surface area contributed by atoms with Crippen LogP contribution in [-0.2, 0) is 9.53 Å². The number of methoxy groups -OCH3 is 1. The summed E-state index contributed by atoms with van der Waals surface area (Å²) in [5.41, 5.74) is 1.04. The van der Waals surface area contributed by atoms with Crippen LogP contribution in [0.25, 0.3) is 22.4 Å². The van der Waals surface area contributed by atoms with Gasteiger partial charge in [0.05, 0.1) is 42.7 Å². The summed E-state index contributed by atoms with van der Waals surface area (Å²) in [6, 6.07) is 14.6. The summed E-state index contributed by atoms with van der Waals surface area (Å²) in [4.78, 5) is 27.9. The molecule has 1 amide bonds. The number of ether oxygens (including phenoxy) is 2. The van der Waals surface area contributed by atoms with Crippen molar-refractivity contribution in [2.75, 3.05) is 39.2 Å². The van der Waals surface area contributed by atoms with Crippen LogP contribution in [-0.4, -0.2) is 69.1 Å². The third-order valence-electron chi connectivity index (χ3n) is 5.41. The van der Waals surface area contributed by atoms with Crippen LogP contribution in [0, 0.1) is 0 Å². The summed E-state index contributed by atoms with van der Waals surface area (Å²) in [6.45, 7) is 2.30. The molecule has 10 heteroatoms. The summed E-state index contributed by atoms with van der Waals surface area (Å²) in [6.07, 6.45) is 0. The van der Waals surface area contributed by atoms with E-state index in [9.17, 15) is 9.59 Å². The molecular weight excluding hydrogens is 430 g/mol. The number of hydrogen-bond donors (Lipinski definition) is 0. The van der Waals surface area contributed by atoms with Crippen LogP contribution in [0.2, 0.25) is 0 Å². The Morgan fingerprint density at radius 1 is 1.09 bits per heavy atom. The van der Waals surface area contributed by atoms with Gasteiger partial charge in [-0.25, -0.2) is 4.57 Å². The molecule has 0 bridgehead atoms. The normalized spacial score (nSPS) is 14.2. The zero-order valence-electron chi connectivity index (χ0n) is 17.4. The summed E-state index contributed by atoms with van der Waals surface area (Å²) in [5.74, 6) is 1.16. The molecule has 0 radical (unpaired) electrons. The van der Waals surface area contributed by atoms with Gasteiger partial charge < -0.3 is 14.4 Å². The number of carbonyl (C=O) groups excluding carboxylic acids is 1. The van der Waals surface area contributed by atoms with E-state index in [2.05, 4.69) is 10.2 Å². The molecule has 0 unspecified atom stereocenters. The van der Waals surface area contributed by atoms with Crippen LogP contribution in [0.1, 0.15) is 0 Å². The minimum absolute atomic E-state index is 0.0254. The minimum atomic E-state index is -0.217. The standard InChI is InChI=1S/C22H21N5O4S/c1-30-18-9-5-4-8-17(18)26-20(29)15-6-2-3-7-16(15)27-21(26)23-24-22(27)32-14-19(28)25-10-12-31-13-11-25/h2-9H,10-14H2,1H3. The number of para-hydroxylation sites is 3. The number of fused-ring (bicyclic) bond motifs is 3. The molecule has 4 aromatic rings. The van der Waals surface area contributed by atoms with Gasteiger partial charge in [0.2, 0.25) is 11.7 Å². The molecular formula is C22H21N5O4S. The molecule has 0 saturated carbocycles. The Morgan fingerprint density at radius 3 is 2.66 bits per heavy atom. The molecule has 1 saturated heterocycles. The Kier molecular flexibility index (Phi) is 5.54. The molecule has 1 aliphatic rings. The van der Waals surface area contributed by atoms with Gasteiger partial charge in [0.1, 0.15) is 5.75 Å². The smallest absolute Gasteiger partial charge is 0.267 e. The summed E-state index contributed by atoms with van der Waals surface area (Å²) in [5, 5.41) is 9.72. The zero-order chi connectivity index (χ0) is 22.1. The highest BCUT2D eigenvalue weighted by atomic mass is 32.2. The molecule has 0 N–H and O–H groups in total. The Balaban J connectivity index is 1.63. The largest absolute Gasteiger partial charge is 0.495 e. The first-order chi connectivity index (χ1) is 15.7. The number of nitrogens with zero attached hydrogens (tertiary/aromatic N) is 5. The van der Waals surface area contributed by atoms with Crippen molar-refractivity contribution in [2.45, 2.75) is 5.16 Å². The monoisotopic (exact) mass is 451 g/mol. The predicted molar refractivity (Wildman–Crippen MR) is 121 cm³/mol. The lowest BCUT2D eigenvalue weighted by Gasteiger charge is -2.26. The van der Waals surface area contributed by atoms with Gasteiger partial charge >= 0.3 is 0 Å². The van der Waals surface area contributed by atoms with Crippen molar-refractivity contribution >= 4 is 34.3 Å². The van der Waals surface area contributed by atoms with Crippen molar-refractivity contribution < 1.29 is 14.3 Å². The summed E-state index contributed by atoms with van der Waals surface area (Å²) < 4.78 is 14.1.